The molecule has 0 radical (unpaired) electrons. The first-order valence-corrected chi connectivity index (χ1v) is 11.1. The summed E-state index contributed by atoms with van der Waals surface area (Å²) < 4.78 is 5.25. The van der Waals surface area contributed by atoms with Crippen LogP contribution < -0.4 is 0 Å². The van der Waals surface area contributed by atoms with Crippen molar-refractivity contribution in [1.29, 1.82) is 0 Å². The second-order valence-corrected chi connectivity index (χ2v) is 8.59. The summed E-state index contributed by atoms with van der Waals surface area (Å²) in [6.07, 6.45) is 9.53. The molecule has 0 saturated carbocycles. The summed E-state index contributed by atoms with van der Waals surface area (Å²) in [7, 11) is 0. The van der Waals surface area contributed by atoms with Gasteiger partial charge in [-0.3, -0.25) is 14.5 Å². The van der Waals surface area contributed by atoms with E-state index in [4.69, 9.17) is 9.84 Å². The number of hydrogen-bond acceptors (Lipinski definition) is 4. The molecule has 0 aromatic carbocycles. The largest absolute Gasteiger partial charge is 0.480 e. The molecule has 29 heavy (non-hydrogen) atoms. The predicted octanol–water partition coefficient (Wildman–Crippen LogP) is 4.69. The van der Waals surface area contributed by atoms with Gasteiger partial charge >= 0.3 is 12.1 Å². The Bertz CT molecular complexity index is 488. The first-order chi connectivity index (χ1) is 13.6. The average Bonchev–Trinajstić information content (AvgIpc) is 2.60. The minimum Gasteiger partial charge on any atom is -0.480 e. The molecule has 0 atom stereocenters. The van der Waals surface area contributed by atoms with Gasteiger partial charge in [0, 0.05) is 13.1 Å². The number of carboxylic acids is 1. The van der Waals surface area contributed by atoms with Gasteiger partial charge in [-0.15, -0.1) is 0 Å². The monoisotopic (exact) mass is 414 g/mol. The summed E-state index contributed by atoms with van der Waals surface area (Å²) >= 11 is 0. The Kier molecular flexibility index (Phi) is 14.2. The minimum atomic E-state index is -1.17. The average molecular weight is 415 g/mol. The zero-order valence-electron chi connectivity index (χ0n) is 19.2. The highest BCUT2D eigenvalue weighted by Crippen LogP contribution is 2.12. The third-order valence-corrected chi connectivity index (χ3v) is 4.43. The maximum atomic E-state index is 12.7. The first kappa shape index (κ1) is 27.2. The predicted molar refractivity (Wildman–Crippen MR) is 115 cm³/mol. The van der Waals surface area contributed by atoms with Gasteiger partial charge in [-0.05, 0) is 33.6 Å². The van der Waals surface area contributed by atoms with E-state index in [9.17, 15) is 14.4 Å². The van der Waals surface area contributed by atoms with E-state index in [-0.39, 0.29) is 12.5 Å². The van der Waals surface area contributed by atoms with Crippen molar-refractivity contribution in [2.75, 3.05) is 26.2 Å². The fourth-order valence-corrected chi connectivity index (χ4v) is 3.01. The van der Waals surface area contributed by atoms with E-state index >= 15 is 0 Å². The molecule has 0 aliphatic heterocycles. The Hall–Kier alpha value is -1.79. The Morgan fingerprint density at radius 2 is 1.31 bits per heavy atom. The Labute approximate surface area is 176 Å². The number of carbonyl (C=O) groups excluding carboxylic acids is 2. The number of ether oxygens (including phenoxy) is 1. The maximum Gasteiger partial charge on any atom is 0.411 e. The zero-order chi connectivity index (χ0) is 22.3. The van der Waals surface area contributed by atoms with E-state index in [1.54, 1.807) is 25.7 Å². The van der Waals surface area contributed by atoms with Crippen molar-refractivity contribution in [1.82, 2.24) is 9.80 Å². The molecule has 2 amide bonds. The van der Waals surface area contributed by atoms with Crippen LogP contribution in [0.3, 0.4) is 0 Å². The lowest BCUT2D eigenvalue weighted by Gasteiger charge is -2.28. The minimum absolute atomic E-state index is 0.234. The molecular weight excluding hydrogens is 372 g/mol. The fourth-order valence-electron chi connectivity index (χ4n) is 3.01. The molecule has 0 bridgehead atoms. The third-order valence-electron chi connectivity index (χ3n) is 4.43. The SMILES string of the molecule is CCCCCCCCCCN(CCC)C(=O)CN(CC(=O)O)C(=O)OC(C)(C)C. The first-order valence-electron chi connectivity index (χ1n) is 11.1. The number of carboxylic acid groups (broad SMARTS) is 1. The zero-order valence-corrected chi connectivity index (χ0v) is 19.2. The van der Waals surface area contributed by atoms with E-state index < -0.39 is 24.2 Å². The Morgan fingerprint density at radius 1 is 0.759 bits per heavy atom. The topological polar surface area (TPSA) is 87.2 Å². The van der Waals surface area contributed by atoms with Crippen LogP contribution in [0.15, 0.2) is 0 Å². The highest BCUT2D eigenvalue weighted by atomic mass is 16.6. The molecule has 0 saturated heterocycles. The summed E-state index contributed by atoms with van der Waals surface area (Å²) in [4.78, 5) is 38.8. The number of aliphatic carboxylic acids is 1. The summed E-state index contributed by atoms with van der Waals surface area (Å²) in [5, 5.41) is 9.09. The van der Waals surface area contributed by atoms with Crippen LogP contribution in [0.2, 0.25) is 0 Å². The lowest BCUT2D eigenvalue weighted by molar-refractivity contribution is -0.139. The normalized spacial score (nSPS) is 11.2. The van der Waals surface area contributed by atoms with E-state index in [0.717, 1.165) is 24.2 Å². The summed E-state index contributed by atoms with van der Waals surface area (Å²) in [6, 6.07) is 0. The fraction of sp³-hybridized carbons (Fsp3) is 0.864. The quantitative estimate of drug-likeness (QED) is 0.393. The van der Waals surface area contributed by atoms with Gasteiger partial charge in [-0.1, -0.05) is 58.8 Å². The number of rotatable bonds is 15. The van der Waals surface area contributed by atoms with E-state index in [0.29, 0.717) is 13.1 Å². The van der Waals surface area contributed by atoms with Crippen molar-refractivity contribution in [2.45, 2.75) is 98.0 Å². The van der Waals surface area contributed by atoms with E-state index in [1.165, 1.54) is 38.5 Å². The molecule has 7 heteroatoms. The summed E-state index contributed by atoms with van der Waals surface area (Å²) in [6.45, 7) is 9.72. The van der Waals surface area contributed by atoms with Crippen molar-refractivity contribution < 1.29 is 24.2 Å². The molecular formula is C22H42N2O5. The van der Waals surface area contributed by atoms with Gasteiger partial charge in [0.1, 0.15) is 18.7 Å². The van der Waals surface area contributed by atoms with Crippen LogP contribution in [0.4, 0.5) is 4.79 Å². The molecule has 7 nitrogen and oxygen atoms in total. The lowest BCUT2D eigenvalue weighted by atomic mass is 10.1. The summed E-state index contributed by atoms with van der Waals surface area (Å²) in [5.41, 5.74) is -0.753. The van der Waals surface area contributed by atoms with Crippen LogP contribution in [0, 0.1) is 0 Å². The molecule has 0 aromatic heterocycles. The van der Waals surface area contributed by atoms with Crippen LogP contribution in [-0.2, 0) is 14.3 Å². The number of unbranched alkanes of at least 4 members (excludes halogenated alkanes) is 7. The number of hydrogen-bond donors (Lipinski definition) is 1. The van der Waals surface area contributed by atoms with Crippen LogP contribution in [-0.4, -0.2) is 64.7 Å². The molecule has 0 heterocycles. The van der Waals surface area contributed by atoms with Gasteiger partial charge in [0.2, 0.25) is 5.91 Å². The van der Waals surface area contributed by atoms with Crippen molar-refractivity contribution in [3.8, 4) is 0 Å². The Morgan fingerprint density at radius 3 is 1.79 bits per heavy atom. The Balaban J connectivity index is 4.60. The number of amides is 2. The molecule has 0 fully saturated rings. The molecule has 0 aromatic rings. The van der Waals surface area contributed by atoms with Crippen molar-refractivity contribution in [3.05, 3.63) is 0 Å². The molecule has 0 aliphatic carbocycles. The lowest BCUT2D eigenvalue weighted by Crippen LogP contribution is -2.47. The van der Waals surface area contributed by atoms with Gasteiger partial charge in [0.05, 0.1) is 0 Å². The molecule has 0 rings (SSSR count). The third kappa shape index (κ3) is 14.8. The van der Waals surface area contributed by atoms with Crippen LogP contribution in [0.25, 0.3) is 0 Å². The molecule has 170 valence electrons. The molecule has 0 aliphatic rings. The number of nitrogens with zero attached hydrogens (tertiary/aromatic N) is 2. The van der Waals surface area contributed by atoms with Crippen LogP contribution >= 0.6 is 0 Å². The second-order valence-electron chi connectivity index (χ2n) is 8.59. The van der Waals surface area contributed by atoms with E-state index in [1.807, 2.05) is 6.92 Å². The van der Waals surface area contributed by atoms with Crippen LogP contribution in [0.5, 0.6) is 0 Å². The molecule has 0 spiro atoms. The van der Waals surface area contributed by atoms with Crippen molar-refractivity contribution in [2.24, 2.45) is 0 Å². The second kappa shape index (κ2) is 15.1. The smallest absolute Gasteiger partial charge is 0.411 e. The van der Waals surface area contributed by atoms with Gasteiger partial charge in [-0.2, -0.15) is 0 Å². The van der Waals surface area contributed by atoms with Gasteiger partial charge < -0.3 is 14.7 Å². The molecule has 1 N–H and O–H groups in total. The molecule has 0 unspecified atom stereocenters. The standard InChI is InChI=1S/C22H42N2O5/c1-6-8-9-10-11-12-13-14-16-23(15-7-2)19(25)17-24(18-20(26)27)21(28)29-22(3,4)5/h6-18H2,1-5H3,(H,26,27). The van der Waals surface area contributed by atoms with E-state index in [2.05, 4.69) is 6.92 Å². The van der Waals surface area contributed by atoms with Gasteiger partial charge in [-0.25, -0.2) is 4.79 Å². The highest BCUT2D eigenvalue weighted by Gasteiger charge is 2.27. The highest BCUT2D eigenvalue weighted by molar-refractivity contribution is 5.84. The summed E-state index contributed by atoms with van der Waals surface area (Å²) in [5.74, 6) is -1.41. The van der Waals surface area contributed by atoms with Gasteiger partial charge in [0.15, 0.2) is 0 Å². The van der Waals surface area contributed by atoms with Crippen molar-refractivity contribution in [3.63, 3.8) is 0 Å². The van der Waals surface area contributed by atoms with Crippen LogP contribution in [0.1, 0.15) is 92.4 Å². The van der Waals surface area contributed by atoms with Crippen molar-refractivity contribution >= 4 is 18.0 Å². The van der Waals surface area contributed by atoms with Gasteiger partial charge in [0.25, 0.3) is 0 Å². The number of carbonyl (C=O) groups is 3. The maximum absolute atomic E-state index is 12.7.